The van der Waals surface area contributed by atoms with E-state index < -0.39 is 20.8 Å². The van der Waals surface area contributed by atoms with Gasteiger partial charge in [-0.1, -0.05) is 23.3 Å². The first-order valence-electron chi connectivity index (χ1n) is 9.80. The summed E-state index contributed by atoms with van der Waals surface area (Å²) >= 11 is 0. The minimum absolute atomic E-state index is 0.156. The van der Waals surface area contributed by atoms with Gasteiger partial charge in [0.1, 0.15) is 0 Å². The number of hydrogen-bond donors (Lipinski definition) is 2. The molecule has 0 atom stereocenters. The Hall–Kier alpha value is -3.58. The van der Waals surface area contributed by atoms with E-state index in [2.05, 4.69) is 9.97 Å². The number of nitrogens with zero attached hydrogens (tertiary/aromatic N) is 2. The van der Waals surface area contributed by atoms with Crippen LogP contribution in [0.2, 0.25) is 0 Å². The van der Waals surface area contributed by atoms with Crippen LogP contribution in [0.3, 0.4) is 0 Å². The molecule has 0 fully saturated rings. The summed E-state index contributed by atoms with van der Waals surface area (Å²) in [6.45, 7) is 3.60. The van der Waals surface area contributed by atoms with Crippen LogP contribution in [0.25, 0.3) is 43.6 Å². The molecule has 5 rings (SSSR count). The van der Waals surface area contributed by atoms with Crippen molar-refractivity contribution in [2.75, 3.05) is 0 Å². The van der Waals surface area contributed by atoms with E-state index in [0.717, 1.165) is 11.1 Å². The van der Waals surface area contributed by atoms with Crippen LogP contribution in [0, 0.1) is 13.8 Å². The molecule has 2 aromatic heterocycles. The van der Waals surface area contributed by atoms with E-state index in [1.54, 1.807) is 50.2 Å². The number of benzene rings is 3. The molecule has 0 amide bonds. The molecule has 0 aliphatic heterocycles. The molecule has 0 bridgehead atoms. The van der Waals surface area contributed by atoms with Gasteiger partial charge in [-0.25, -0.2) is 9.97 Å². The molecule has 10 nitrogen and oxygen atoms in total. The van der Waals surface area contributed by atoms with Gasteiger partial charge in [0.2, 0.25) is 0 Å². The summed E-state index contributed by atoms with van der Waals surface area (Å²) in [7, 11) is -9.77. The lowest BCUT2D eigenvalue weighted by Gasteiger charge is -2.14. The van der Waals surface area contributed by atoms with Gasteiger partial charge in [-0.2, -0.15) is 16.8 Å². The largest absolute Gasteiger partial charge is 0.446 e. The second-order valence-corrected chi connectivity index (χ2v) is 9.88. The Morgan fingerprint density at radius 1 is 0.588 bits per heavy atom. The molecule has 0 spiro atoms. The van der Waals surface area contributed by atoms with Crippen LogP contribution >= 0.6 is 0 Å². The molecule has 0 aliphatic rings. The standard InChI is InChI=1S/C22H16N2O8S2/c1-11-3-5-17-13(7-11)21(31-33(25,26)27)15-9-20-16(10-19(15)23-17)22(32-34(28,29)30)14-8-12(2)4-6-18(14)24-20/h3-10H,1-2H3,(H,25,26,27)(H,28,29,30). The van der Waals surface area contributed by atoms with E-state index in [0.29, 0.717) is 21.8 Å². The van der Waals surface area contributed by atoms with Gasteiger partial charge in [-0.3, -0.25) is 9.11 Å². The van der Waals surface area contributed by atoms with Gasteiger partial charge in [0.15, 0.2) is 11.5 Å². The van der Waals surface area contributed by atoms with Gasteiger partial charge in [0.25, 0.3) is 0 Å². The third-order valence-corrected chi connectivity index (χ3v) is 6.01. The molecule has 3 aromatic carbocycles. The summed E-state index contributed by atoms with van der Waals surface area (Å²) in [6.07, 6.45) is 0. The highest BCUT2D eigenvalue weighted by Gasteiger charge is 2.21. The summed E-state index contributed by atoms with van der Waals surface area (Å²) in [5, 5.41) is 1.10. The molecule has 34 heavy (non-hydrogen) atoms. The molecule has 0 saturated carbocycles. The van der Waals surface area contributed by atoms with Gasteiger partial charge in [-0.05, 0) is 50.2 Å². The third-order valence-electron chi connectivity index (χ3n) is 5.26. The topological polar surface area (TPSA) is 153 Å². The minimum Gasteiger partial charge on any atom is -0.360 e. The van der Waals surface area contributed by atoms with Crippen LogP contribution in [-0.2, 0) is 20.8 Å². The maximum absolute atomic E-state index is 11.6. The highest BCUT2D eigenvalue weighted by atomic mass is 32.3. The van der Waals surface area contributed by atoms with Gasteiger partial charge in [0.05, 0.1) is 22.1 Å². The van der Waals surface area contributed by atoms with E-state index >= 15 is 0 Å². The Morgan fingerprint density at radius 2 is 0.941 bits per heavy atom. The first kappa shape index (κ1) is 22.2. The molecule has 0 radical (unpaired) electrons. The normalized spacial score (nSPS) is 12.6. The number of aryl methyl sites for hydroxylation is 2. The molecule has 0 aliphatic carbocycles. The first-order chi connectivity index (χ1) is 15.9. The highest BCUT2D eigenvalue weighted by molar-refractivity contribution is 7.81. The summed E-state index contributed by atoms with van der Waals surface area (Å²) in [6, 6.07) is 13.1. The molecule has 5 aromatic rings. The predicted molar refractivity (Wildman–Crippen MR) is 126 cm³/mol. The second kappa shape index (κ2) is 7.46. The molecule has 12 heteroatoms. The fourth-order valence-corrected chi connectivity index (χ4v) is 4.70. The maximum Gasteiger partial charge on any atom is 0.446 e. The smallest absolute Gasteiger partial charge is 0.360 e. The van der Waals surface area contributed by atoms with Crippen LogP contribution in [-0.4, -0.2) is 35.9 Å². The lowest BCUT2D eigenvalue weighted by Crippen LogP contribution is -2.09. The summed E-state index contributed by atoms with van der Waals surface area (Å²) < 4.78 is 75.2. The molecular formula is C22H16N2O8S2. The summed E-state index contributed by atoms with van der Waals surface area (Å²) in [4.78, 5) is 9.09. The number of rotatable bonds is 4. The second-order valence-electron chi connectivity index (χ2n) is 7.83. The number of hydrogen-bond acceptors (Lipinski definition) is 8. The zero-order chi connectivity index (χ0) is 24.4. The van der Waals surface area contributed by atoms with Crippen molar-refractivity contribution < 1.29 is 34.3 Å². The maximum atomic E-state index is 11.6. The van der Waals surface area contributed by atoms with Gasteiger partial charge in [-0.15, -0.1) is 0 Å². The number of pyridine rings is 2. The van der Waals surface area contributed by atoms with Crippen LogP contribution in [0.5, 0.6) is 11.5 Å². The lowest BCUT2D eigenvalue weighted by atomic mass is 10.0. The van der Waals surface area contributed by atoms with E-state index in [1.165, 1.54) is 12.1 Å². The quantitative estimate of drug-likeness (QED) is 0.273. The van der Waals surface area contributed by atoms with E-state index in [-0.39, 0.29) is 33.3 Å². The molecule has 174 valence electrons. The summed E-state index contributed by atoms with van der Waals surface area (Å²) in [5.41, 5.74) is 2.79. The van der Waals surface area contributed by atoms with Crippen LogP contribution in [0.4, 0.5) is 0 Å². The fourth-order valence-electron chi connectivity index (χ4n) is 3.92. The predicted octanol–water partition coefficient (Wildman–Crippen LogP) is 4.07. The zero-order valence-electron chi connectivity index (χ0n) is 17.7. The number of fused-ring (bicyclic) bond motifs is 4. The SMILES string of the molecule is Cc1ccc2nc3cc4c(OS(=O)(=O)O)c5cc(C)ccc5nc4cc3c(OS(=O)(=O)O)c2c1. The molecule has 0 unspecified atom stereocenters. The van der Waals surface area contributed by atoms with Crippen LogP contribution in [0.15, 0.2) is 48.5 Å². The zero-order valence-corrected chi connectivity index (χ0v) is 19.3. The fraction of sp³-hybridized carbons (Fsp3) is 0.0909. The monoisotopic (exact) mass is 500 g/mol. The average Bonchev–Trinajstić information content (AvgIpc) is 2.72. The molecular weight excluding hydrogens is 484 g/mol. The number of aromatic nitrogens is 2. The van der Waals surface area contributed by atoms with Crippen molar-refractivity contribution in [2.24, 2.45) is 0 Å². The van der Waals surface area contributed by atoms with E-state index in [4.69, 9.17) is 8.37 Å². The first-order valence-corrected chi connectivity index (χ1v) is 12.5. The van der Waals surface area contributed by atoms with Gasteiger partial charge >= 0.3 is 20.8 Å². The lowest BCUT2D eigenvalue weighted by molar-refractivity contribution is 0.387. The van der Waals surface area contributed by atoms with Gasteiger partial charge in [0, 0.05) is 21.5 Å². The molecule has 2 N–H and O–H groups in total. The van der Waals surface area contributed by atoms with Crippen molar-refractivity contribution in [1.82, 2.24) is 9.97 Å². The van der Waals surface area contributed by atoms with Crippen molar-refractivity contribution in [3.63, 3.8) is 0 Å². The van der Waals surface area contributed by atoms with E-state index in [9.17, 15) is 25.9 Å². The molecule has 0 saturated heterocycles. The van der Waals surface area contributed by atoms with Crippen molar-refractivity contribution in [3.05, 3.63) is 59.7 Å². The third kappa shape index (κ3) is 4.07. The Morgan fingerprint density at radius 3 is 1.29 bits per heavy atom. The van der Waals surface area contributed by atoms with Crippen LogP contribution < -0.4 is 8.37 Å². The molecule has 2 heterocycles. The minimum atomic E-state index is -4.88. The van der Waals surface area contributed by atoms with Crippen LogP contribution in [0.1, 0.15) is 11.1 Å². The van der Waals surface area contributed by atoms with E-state index in [1.807, 2.05) is 0 Å². The Bertz CT molecular complexity index is 1750. The summed E-state index contributed by atoms with van der Waals surface area (Å²) in [5.74, 6) is -0.313. The van der Waals surface area contributed by atoms with Crippen molar-refractivity contribution in [1.29, 1.82) is 0 Å². The van der Waals surface area contributed by atoms with Crippen molar-refractivity contribution >= 4 is 64.4 Å². The highest BCUT2D eigenvalue weighted by Crippen LogP contribution is 2.40. The van der Waals surface area contributed by atoms with Gasteiger partial charge < -0.3 is 8.37 Å². The van der Waals surface area contributed by atoms with Crippen molar-refractivity contribution in [3.8, 4) is 11.5 Å². The average molecular weight is 501 g/mol. The Labute approximate surface area is 193 Å². The van der Waals surface area contributed by atoms with Crippen molar-refractivity contribution in [2.45, 2.75) is 13.8 Å². The Balaban J connectivity index is 1.97. The Kier molecular flexibility index (Phi) is 4.88.